The largest absolute Gasteiger partial charge is 0.289 e. The summed E-state index contributed by atoms with van der Waals surface area (Å²) < 4.78 is 18.9. The van der Waals surface area contributed by atoms with E-state index in [-0.39, 0.29) is 18.3 Å². The van der Waals surface area contributed by atoms with Crippen molar-refractivity contribution in [3.05, 3.63) is 70.7 Å². The van der Waals surface area contributed by atoms with E-state index in [9.17, 15) is 9.18 Å². The zero-order valence-corrected chi connectivity index (χ0v) is 20.0. The number of nitrogens with one attached hydrogen (secondary N) is 1. The van der Waals surface area contributed by atoms with E-state index >= 15 is 0 Å². The van der Waals surface area contributed by atoms with Gasteiger partial charge in [-0.2, -0.15) is 10.2 Å². The van der Waals surface area contributed by atoms with Gasteiger partial charge in [0, 0.05) is 30.9 Å². The molecule has 0 radical (unpaired) electrons. The quantitative estimate of drug-likeness (QED) is 0.420. The first kappa shape index (κ1) is 22.4. The molecule has 0 atom stereocenters. The van der Waals surface area contributed by atoms with Gasteiger partial charge in [-0.1, -0.05) is 18.2 Å². The van der Waals surface area contributed by atoms with Gasteiger partial charge in [0.2, 0.25) is 5.95 Å². The van der Waals surface area contributed by atoms with E-state index < -0.39 is 5.91 Å². The number of rotatable bonds is 5. The Hall–Kier alpha value is -4.41. The highest BCUT2D eigenvalue weighted by molar-refractivity contribution is 6.12. The lowest BCUT2D eigenvalue weighted by atomic mass is 10.0. The Labute approximate surface area is 200 Å². The van der Waals surface area contributed by atoms with E-state index in [1.54, 1.807) is 40.7 Å². The second kappa shape index (κ2) is 8.42. The minimum Gasteiger partial charge on any atom is -0.289 e. The van der Waals surface area contributed by atoms with E-state index in [0.29, 0.717) is 33.5 Å². The average molecular weight is 474 g/mol. The van der Waals surface area contributed by atoms with E-state index in [2.05, 4.69) is 25.6 Å². The van der Waals surface area contributed by atoms with Crippen LogP contribution in [-0.4, -0.2) is 45.2 Å². The highest BCUT2D eigenvalue weighted by atomic mass is 19.1. The molecule has 0 saturated carbocycles. The molecule has 178 valence electrons. The predicted molar refractivity (Wildman–Crippen MR) is 128 cm³/mol. The molecule has 0 aliphatic carbocycles. The van der Waals surface area contributed by atoms with Crippen LogP contribution < -0.4 is 5.32 Å². The summed E-state index contributed by atoms with van der Waals surface area (Å²) in [5.41, 5.74) is 5.41. The van der Waals surface area contributed by atoms with Gasteiger partial charge in [-0.25, -0.2) is 19.0 Å². The van der Waals surface area contributed by atoms with Gasteiger partial charge in [0.05, 0.1) is 34.6 Å². The first-order valence-corrected chi connectivity index (χ1v) is 11.0. The van der Waals surface area contributed by atoms with Crippen molar-refractivity contribution in [3.63, 3.8) is 0 Å². The third-order valence-electron chi connectivity index (χ3n) is 6.03. The topological polar surface area (TPSA) is 108 Å². The fourth-order valence-corrected chi connectivity index (χ4v) is 4.29. The molecule has 35 heavy (non-hydrogen) atoms. The van der Waals surface area contributed by atoms with Gasteiger partial charge in [0.25, 0.3) is 5.91 Å². The van der Waals surface area contributed by atoms with E-state index in [1.807, 2.05) is 27.8 Å². The minimum absolute atomic E-state index is 0.119. The molecule has 0 spiro atoms. The number of carbonyl (C=O) groups is 1. The first-order chi connectivity index (χ1) is 16.7. The third-order valence-corrected chi connectivity index (χ3v) is 6.03. The second-order valence-corrected chi connectivity index (χ2v) is 8.44. The van der Waals surface area contributed by atoms with E-state index in [0.717, 1.165) is 17.0 Å². The molecule has 10 nitrogen and oxygen atoms in total. The predicted octanol–water partition coefficient (Wildman–Crippen LogP) is 3.33. The molecule has 1 amide bonds. The van der Waals surface area contributed by atoms with E-state index in [1.165, 1.54) is 17.1 Å². The SMILES string of the molecule is Cc1nn(C)c(C)c1-c1cc(C(=O)Nc2ncn(Cc3ccccc3F)n2)c2c(C)nn(C)c2n1. The second-order valence-electron chi connectivity index (χ2n) is 8.44. The minimum atomic E-state index is -0.391. The van der Waals surface area contributed by atoms with Crippen molar-refractivity contribution in [3.8, 4) is 11.3 Å². The summed E-state index contributed by atoms with van der Waals surface area (Å²) in [7, 11) is 3.66. The van der Waals surface area contributed by atoms with Gasteiger partial charge in [-0.15, -0.1) is 5.10 Å². The molecule has 5 rings (SSSR count). The van der Waals surface area contributed by atoms with Gasteiger partial charge in [0.1, 0.15) is 12.1 Å². The number of pyridine rings is 1. The maximum atomic E-state index is 14.0. The maximum Gasteiger partial charge on any atom is 0.258 e. The van der Waals surface area contributed by atoms with Crippen molar-refractivity contribution in [2.24, 2.45) is 14.1 Å². The summed E-state index contributed by atoms with van der Waals surface area (Å²) in [5, 5.41) is 16.7. The van der Waals surface area contributed by atoms with Gasteiger partial charge in [-0.3, -0.25) is 19.5 Å². The van der Waals surface area contributed by atoms with Crippen LogP contribution in [0.15, 0.2) is 36.7 Å². The molecule has 1 aromatic carbocycles. The van der Waals surface area contributed by atoms with Gasteiger partial charge in [-0.05, 0) is 32.9 Å². The van der Waals surface area contributed by atoms with Crippen LogP contribution in [0.4, 0.5) is 10.3 Å². The summed E-state index contributed by atoms with van der Waals surface area (Å²) in [6, 6.07) is 8.21. The fourth-order valence-electron chi connectivity index (χ4n) is 4.29. The number of amides is 1. The number of aromatic nitrogens is 8. The van der Waals surface area contributed by atoms with Gasteiger partial charge < -0.3 is 0 Å². The monoisotopic (exact) mass is 473 g/mol. The lowest BCUT2D eigenvalue weighted by Gasteiger charge is -2.08. The van der Waals surface area contributed by atoms with Crippen molar-refractivity contribution >= 4 is 22.9 Å². The smallest absolute Gasteiger partial charge is 0.258 e. The molecule has 0 fully saturated rings. The molecule has 0 unspecified atom stereocenters. The van der Waals surface area contributed by atoms with Crippen LogP contribution in [0.5, 0.6) is 0 Å². The molecular weight excluding hydrogens is 449 g/mol. The summed E-state index contributed by atoms with van der Waals surface area (Å²) in [4.78, 5) is 22.4. The summed E-state index contributed by atoms with van der Waals surface area (Å²) in [6.45, 7) is 5.90. The number of hydrogen-bond acceptors (Lipinski definition) is 6. The number of nitrogens with zero attached hydrogens (tertiary/aromatic N) is 8. The van der Waals surface area contributed by atoms with Crippen LogP contribution in [0.2, 0.25) is 0 Å². The molecule has 0 aliphatic heterocycles. The number of aryl methyl sites for hydroxylation is 4. The standard InChI is InChI=1S/C24H24FN9O/c1-13-20(15(3)32(4)29-13)19-10-17(21-14(2)30-33(5)22(21)27-19)23(35)28-24-26-12-34(31-24)11-16-8-6-7-9-18(16)25/h6-10,12H,11H2,1-5H3,(H,28,31,35). The van der Waals surface area contributed by atoms with Crippen LogP contribution in [0.3, 0.4) is 0 Å². The number of anilines is 1. The van der Waals surface area contributed by atoms with Gasteiger partial charge >= 0.3 is 0 Å². The Kier molecular flexibility index (Phi) is 5.39. The molecule has 11 heteroatoms. The fraction of sp³-hybridized carbons (Fsp3) is 0.250. The Morgan fingerprint density at radius 3 is 2.49 bits per heavy atom. The molecule has 4 heterocycles. The van der Waals surface area contributed by atoms with Crippen LogP contribution >= 0.6 is 0 Å². The maximum absolute atomic E-state index is 14.0. The highest BCUT2D eigenvalue weighted by Crippen LogP contribution is 2.30. The Morgan fingerprint density at radius 1 is 1.03 bits per heavy atom. The average Bonchev–Trinajstić information content (AvgIpc) is 3.45. The Bertz CT molecular complexity index is 1590. The molecular formula is C24H24FN9O. The van der Waals surface area contributed by atoms with Crippen LogP contribution in [0, 0.1) is 26.6 Å². The molecule has 4 aromatic heterocycles. The molecule has 0 bridgehead atoms. The van der Waals surface area contributed by atoms with Crippen LogP contribution in [0.25, 0.3) is 22.3 Å². The number of halogens is 1. The van der Waals surface area contributed by atoms with Crippen molar-refractivity contribution in [1.29, 1.82) is 0 Å². The van der Waals surface area contributed by atoms with Crippen molar-refractivity contribution in [1.82, 2.24) is 39.3 Å². The van der Waals surface area contributed by atoms with Crippen molar-refractivity contribution < 1.29 is 9.18 Å². The zero-order valence-electron chi connectivity index (χ0n) is 20.0. The number of fused-ring (bicyclic) bond motifs is 1. The highest BCUT2D eigenvalue weighted by Gasteiger charge is 2.23. The lowest BCUT2D eigenvalue weighted by molar-refractivity contribution is 0.102. The first-order valence-electron chi connectivity index (χ1n) is 11.0. The lowest BCUT2D eigenvalue weighted by Crippen LogP contribution is -2.15. The zero-order chi connectivity index (χ0) is 24.9. The normalized spacial score (nSPS) is 11.4. The number of hydrogen-bond donors (Lipinski definition) is 1. The number of benzene rings is 1. The summed E-state index contributed by atoms with van der Waals surface area (Å²) in [6.07, 6.45) is 1.45. The van der Waals surface area contributed by atoms with E-state index in [4.69, 9.17) is 4.98 Å². The molecule has 1 N–H and O–H groups in total. The molecule has 0 saturated heterocycles. The van der Waals surface area contributed by atoms with Gasteiger partial charge in [0.15, 0.2) is 5.65 Å². The molecule has 5 aromatic rings. The van der Waals surface area contributed by atoms with Crippen LogP contribution in [0.1, 0.15) is 33.0 Å². The van der Waals surface area contributed by atoms with Crippen LogP contribution in [-0.2, 0) is 20.6 Å². The third kappa shape index (κ3) is 3.94. The Morgan fingerprint density at radius 2 is 1.77 bits per heavy atom. The van der Waals surface area contributed by atoms with Crippen molar-refractivity contribution in [2.45, 2.75) is 27.3 Å². The van der Waals surface area contributed by atoms with Crippen molar-refractivity contribution in [2.75, 3.05) is 5.32 Å². The summed E-state index contributed by atoms with van der Waals surface area (Å²) >= 11 is 0. The molecule has 0 aliphatic rings. The Balaban J connectivity index is 1.51. The number of carbonyl (C=O) groups excluding carboxylic acids is 1. The summed E-state index contributed by atoms with van der Waals surface area (Å²) in [5.74, 6) is -0.598.